The van der Waals surface area contributed by atoms with Gasteiger partial charge in [0.2, 0.25) is 5.82 Å². The van der Waals surface area contributed by atoms with E-state index in [1.165, 1.54) is 6.42 Å². The third-order valence-corrected chi connectivity index (χ3v) is 5.53. The van der Waals surface area contributed by atoms with Crippen molar-refractivity contribution in [2.45, 2.75) is 38.6 Å². The zero-order valence-electron chi connectivity index (χ0n) is 15.8. The molecule has 1 amide bonds. The molecule has 28 heavy (non-hydrogen) atoms. The van der Waals surface area contributed by atoms with E-state index in [4.69, 9.17) is 16.1 Å². The molecule has 1 atom stereocenters. The van der Waals surface area contributed by atoms with Gasteiger partial charge in [-0.05, 0) is 62.1 Å². The molecule has 1 aromatic heterocycles. The normalized spacial score (nSPS) is 16.9. The van der Waals surface area contributed by atoms with Crippen molar-refractivity contribution in [3.8, 4) is 22.8 Å². The van der Waals surface area contributed by atoms with Gasteiger partial charge in [-0.15, -0.1) is 0 Å². The van der Waals surface area contributed by atoms with Gasteiger partial charge in [0.1, 0.15) is 0 Å². The highest BCUT2D eigenvalue weighted by atomic mass is 35.5. The fraction of sp³-hybridized carbons (Fsp3) is 0.318. The lowest BCUT2D eigenvalue weighted by Crippen LogP contribution is -2.43. The van der Waals surface area contributed by atoms with Crippen LogP contribution in [0.15, 0.2) is 53.1 Å². The second kappa shape index (κ2) is 8.15. The topological polar surface area (TPSA) is 59.2 Å². The zero-order valence-corrected chi connectivity index (χ0v) is 16.5. The van der Waals surface area contributed by atoms with Crippen LogP contribution in [0.4, 0.5) is 0 Å². The number of likely N-dealkylation sites (tertiary alicyclic amines) is 1. The quantitative estimate of drug-likeness (QED) is 0.588. The SMILES string of the molecule is CC[C@H]1CCCCN1C(=O)c1ccccc1-c1nc(-c2ccc(Cl)cc2)no1. The number of piperidine rings is 1. The minimum atomic E-state index is 0.0355. The molecule has 144 valence electrons. The van der Waals surface area contributed by atoms with E-state index in [9.17, 15) is 4.79 Å². The van der Waals surface area contributed by atoms with Crippen LogP contribution in [0.2, 0.25) is 5.02 Å². The van der Waals surface area contributed by atoms with Crippen molar-refractivity contribution in [3.05, 3.63) is 59.1 Å². The molecule has 0 bridgehead atoms. The highest BCUT2D eigenvalue weighted by Crippen LogP contribution is 2.29. The molecule has 4 rings (SSSR count). The van der Waals surface area contributed by atoms with E-state index in [0.29, 0.717) is 33.9 Å². The van der Waals surface area contributed by atoms with E-state index >= 15 is 0 Å². The van der Waals surface area contributed by atoms with Gasteiger partial charge >= 0.3 is 0 Å². The number of benzene rings is 2. The van der Waals surface area contributed by atoms with Gasteiger partial charge in [0.15, 0.2) is 0 Å². The Morgan fingerprint density at radius 2 is 1.96 bits per heavy atom. The van der Waals surface area contributed by atoms with Gasteiger partial charge in [-0.2, -0.15) is 4.98 Å². The molecule has 0 radical (unpaired) electrons. The fourth-order valence-electron chi connectivity index (χ4n) is 3.75. The lowest BCUT2D eigenvalue weighted by Gasteiger charge is -2.35. The minimum absolute atomic E-state index is 0.0355. The number of amides is 1. The van der Waals surface area contributed by atoms with Crippen molar-refractivity contribution in [2.24, 2.45) is 0 Å². The first kappa shape index (κ1) is 18.7. The summed E-state index contributed by atoms with van der Waals surface area (Å²) in [6.07, 6.45) is 4.25. The van der Waals surface area contributed by atoms with Crippen LogP contribution in [-0.2, 0) is 0 Å². The molecule has 1 aliphatic rings. The first-order chi connectivity index (χ1) is 13.7. The molecule has 0 N–H and O–H groups in total. The smallest absolute Gasteiger partial charge is 0.259 e. The van der Waals surface area contributed by atoms with Crippen LogP contribution in [0.1, 0.15) is 43.0 Å². The molecule has 1 aliphatic heterocycles. The van der Waals surface area contributed by atoms with Gasteiger partial charge in [0.25, 0.3) is 11.8 Å². The predicted octanol–water partition coefficient (Wildman–Crippen LogP) is 5.46. The fourth-order valence-corrected chi connectivity index (χ4v) is 3.88. The standard InChI is InChI=1S/C22H22ClN3O2/c1-2-17-7-5-6-14-26(17)22(27)19-9-4-3-8-18(19)21-24-20(25-28-21)15-10-12-16(23)13-11-15/h3-4,8-13,17H,2,5-7,14H2,1H3/t17-/m0/s1. The lowest BCUT2D eigenvalue weighted by molar-refractivity contribution is 0.0608. The van der Waals surface area contributed by atoms with Gasteiger partial charge in [-0.3, -0.25) is 4.79 Å². The van der Waals surface area contributed by atoms with Gasteiger partial charge < -0.3 is 9.42 Å². The molecule has 1 saturated heterocycles. The van der Waals surface area contributed by atoms with Gasteiger partial charge in [-0.1, -0.05) is 35.8 Å². The average molecular weight is 396 g/mol. The van der Waals surface area contributed by atoms with Gasteiger partial charge in [0, 0.05) is 23.2 Å². The highest BCUT2D eigenvalue weighted by molar-refractivity contribution is 6.30. The Morgan fingerprint density at radius 3 is 2.75 bits per heavy atom. The Labute approximate surface area is 169 Å². The Kier molecular flexibility index (Phi) is 5.44. The molecular weight excluding hydrogens is 374 g/mol. The molecule has 0 aliphatic carbocycles. The largest absolute Gasteiger partial charge is 0.336 e. The Hall–Kier alpha value is -2.66. The van der Waals surface area contributed by atoms with E-state index < -0.39 is 0 Å². The van der Waals surface area contributed by atoms with Crippen LogP contribution in [0.3, 0.4) is 0 Å². The number of halogens is 1. The van der Waals surface area contributed by atoms with E-state index in [2.05, 4.69) is 17.1 Å². The summed E-state index contributed by atoms with van der Waals surface area (Å²) in [6, 6.07) is 15.0. The van der Waals surface area contributed by atoms with Crippen LogP contribution in [-0.4, -0.2) is 33.5 Å². The monoisotopic (exact) mass is 395 g/mol. The predicted molar refractivity (Wildman–Crippen MR) is 109 cm³/mol. The summed E-state index contributed by atoms with van der Waals surface area (Å²) >= 11 is 5.95. The van der Waals surface area contributed by atoms with Gasteiger partial charge in [-0.25, -0.2) is 0 Å². The maximum absolute atomic E-state index is 13.3. The third kappa shape index (κ3) is 3.67. The molecular formula is C22H22ClN3O2. The Bertz CT molecular complexity index is 968. The second-order valence-corrected chi connectivity index (χ2v) is 7.47. The maximum atomic E-state index is 13.3. The van der Waals surface area contributed by atoms with Crippen LogP contribution < -0.4 is 0 Å². The summed E-state index contributed by atoms with van der Waals surface area (Å²) < 4.78 is 5.50. The zero-order chi connectivity index (χ0) is 19.5. The van der Waals surface area contributed by atoms with E-state index in [1.807, 2.05) is 41.3 Å². The van der Waals surface area contributed by atoms with Crippen LogP contribution in [0, 0.1) is 0 Å². The molecule has 1 fully saturated rings. The van der Waals surface area contributed by atoms with Crippen LogP contribution >= 0.6 is 11.6 Å². The van der Waals surface area contributed by atoms with Crippen molar-refractivity contribution in [3.63, 3.8) is 0 Å². The average Bonchev–Trinajstić information content (AvgIpc) is 3.24. The molecule has 3 aromatic rings. The first-order valence-corrected chi connectivity index (χ1v) is 10.0. The van der Waals surface area contributed by atoms with Crippen LogP contribution in [0.25, 0.3) is 22.8 Å². The second-order valence-electron chi connectivity index (χ2n) is 7.03. The van der Waals surface area contributed by atoms with Crippen LogP contribution in [0.5, 0.6) is 0 Å². The minimum Gasteiger partial charge on any atom is -0.336 e. The van der Waals surface area contributed by atoms with Crippen molar-refractivity contribution in [2.75, 3.05) is 6.54 Å². The number of carbonyl (C=O) groups excluding carboxylic acids is 1. The number of hydrogen-bond donors (Lipinski definition) is 0. The number of carbonyl (C=O) groups is 1. The summed E-state index contributed by atoms with van der Waals surface area (Å²) in [4.78, 5) is 19.8. The maximum Gasteiger partial charge on any atom is 0.259 e. The van der Waals surface area contributed by atoms with Crippen molar-refractivity contribution < 1.29 is 9.32 Å². The molecule has 2 heterocycles. The number of nitrogens with zero attached hydrogens (tertiary/aromatic N) is 3. The molecule has 0 saturated carbocycles. The summed E-state index contributed by atoms with van der Waals surface area (Å²) in [5, 5.41) is 4.73. The van der Waals surface area contributed by atoms with Crippen molar-refractivity contribution in [1.29, 1.82) is 0 Å². The Morgan fingerprint density at radius 1 is 1.18 bits per heavy atom. The Balaban J connectivity index is 1.67. The molecule has 2 aromatic carbocycles. The summed E-state index contributed by atoms with van der Waals surface area (Å²) in [7, 11) is 0. The summed E-state index contributed by atoms with van der Waals surface area (Å²) in [6.45, 7) is 2.93. The number of rotatable bonds is 4. The third-order valence-electron chi connectivity index (χ3n) is 5.28. The van der Waals surface area contributed by atoms with E-state index in [0.717, 1.165) is 31.4 Å². The lowest BCUT2D eigenvalue weighted by atomic mass is 9.97. The highest BCUT2D eigenvalue weighted by Gasteiger charge is 2.28. The van der Waals surface area contributed by atoms with E-state index in [1.54, 1.807) is 12.1 Å². The van der Waals surface area contributed by atoms with Crippen molar-refractivity contribution >= 4 is 17.5 Å². The van der Waals surface area contributed by atoms with E-state index in [-0.39, 0.29) is 5.91 Å². The molecule has 0 unspecified atom stereocenters. The molecule has 0 spiro atoms. The van der Waals surface area contributed by atoms with Crippen molar-refractivity contribution in [1.82, 2.24) is 15.0 Å². The van der Waals surface area contributed by atoms with Gasteiger partial charge in [0.05, 0.1) is 11.1 Å². The number of hydrogen-bond acceptors (Lipinski definition) is 4. The molecule has 5 nitrogen and oxygen atoms in total. The first-order valence-electron chi connectivity index (χ1n) is 9.67. The summed E-state index contributed by atoms with van der Waals surface area (Å²) in [5.74, 6) is 0.852. The number of aromatic nitrogens is 2. The summed E-state index contributed by atoms with van der Waals surface area (Å²) in [5.41, 5.74) is 2.08. The molecule has 6 heteroatoms.